The number of halogens is 3. The van der Waals surface area contributed by atoms with Gasteiger partial charge in [-0.15, -0.1) is 0 Å². The lowest BCUT2D eigenvalue weighted by molar-refractivity contribution is -0.137. The summed E-state index contributed by atoms with van der Waals surface area (Å²) in [6, 6.07) is 13.5. The topological polar surface area (TPSA) is 80.1 Å². The predicted molar refractivity (Wildman–Crippen MR) is 109 cm³/mol. The zero-order valence-electron chi connectivity index (χ0n) is 16.9. The third-order valence-corrected chi connectivity index (χ3v) is 5.34. The maximum Gasteiger partial charge on any atom is 0.416 e. The van der Waals surface area contributed by atoms with E-state index in [1.165, 1.54) is 29.7 Å². The lowest BCUT2D eigenvalue weighted by Crippen LogP contribution is -2.37. The number of aromatic nitrogens is 3. The molecule has 4 rings (SSSR count). The lowest BCUT2D eigenvalue weighted by atomic mass is 10.0. The molecule has 2 atom stereocenters. The summed E-state index contributed by atoms with van der Waals surface area (Å²) in [6.07, 6.45) is -1.66. The highest BCUT2D eigenvalue weighted by molar-refractivity contribution is 6.00. The van der Waals surface area contributed by atoms with Crippen molar-refractivity contribution in [2.45, 2.75) is 25.2 Å². The fourth-order valence-electron chi connectivity index (χ4n) is 3.71. The van der Waals surface area contributed by atoms with E-state index in [1.807, 2.05) is 30.3 Å². The average Bonchev–Trinajstić information content (AvgIpc) is 3.43. The molecule has 2 unspecified atom stereocenters. The third-order valence-electron chi connectivity index (χ3n) is 5.34. The molecule has 166 valence electrons. The zero-order valence-corrected chi connectivity index (χ0v) is 16.9. The molecule has 7 nitrogen and oxygen atoms in total. The lowest BCUT2D eigenvalue weighted by Gasteiger charge is -2.22. The molecule has 2 heterocycles. The molecular weight excluding hydrogens is 423 g/mol. The minimum absolute atomic E-state index is 0.0107. The molecule has 0 radical (unpaired) electrons. The van der Waals surface area contributed by atoms with Gasteiger partial charge in [-0.2, -0.15) is 18.3 Å². The van der Waals surface area contributed by atoms with Gasteiger partial charge in [0.1, 0.15) is 12.7 Å². The Labute approximate surface area is 181 Å². The Morgan fingerprint density at radius 3 is 2.62 bits per heavy atom. The van der Waals surface area contributed by atoms with Crippen LogP contribution in [0.2, 0.25) is 0 Å². The molecule has 1 N–H and O–H groups in total. The van der Waals surface area contributed by atoms with Gasteiger partial charge >= 0.3 is 6.18 Å². The fraction of sp³-hybridized carbons (Fsp3) is 0.273. The quantitative estimate of drug-likeness (QED) is 0.635. The van der Waals surface area contributed by atoms with Gasteiger partial charge < -0.3 is 10.2 Å². The number of rotatable bonds is 6. The predicted octanol–water partition coefficient (Wildman–Crippen LogP) is 3.21. The first-order valence-electron chi connectivity index (χ1n) is 9.96. The van der Waals surface area contributed by atoms with Gasteiger partial charge in [-0.3, -0.25) is 14.3 Å². The van der Waals surface area contributed by atoms with Crippen LogP contribution in [0, 0.1) is 5.92 Å². The largest absolute Gasteiger partial charge is 0.416 e. The maximum absolute atomic E-state index is 13.0. The van der Waals surface area contributed by atoms with Crippen LogP contribution < -0.4 is 10.2 Å². The minimum atomic E-state index is -4.51. The van der Waals surface area contributed by atoms with Crippen molar-refractivity contribution in [3.8, 4) is 0 Å². The van der Waals surface area contributed by atoms with Crippen molar-refractivity contribution in [1.82, 2.24) is 20.1 Å². The Hall–Kier alpha value is -3.69. The van der Waals surface area contributed by atoms with Gasteiger partial charge in [0.15, 0.2) is 0 Å². The van der Waals surface area contributed by atoms with E-state index in [0.29, 0.717) is 6.54 Å². The van der Waals surface area contributed by atoms with E-state index in [4.69, 9.17) is 0 Å². The summed E-state index contributed by atoms with van der Waals surface area (Å²) >= 11 is 0. The minimum Gasteiger partial charge on any atom is -0.347 e. The van der Waals surface area contributed by atoms with Crippen LogP contribution in [0.3, 0.4) is 0 Å². The first-order chi connectivity index (χ1) is 15.3. The summed E-state index contributed by atoms with van der Waals surface area (Å²) in [4.78, 5) is 30.6. The Morgan fingerprint density at radius 1 is 1.16 bits per heavy atom. The number of nitrogens with one attached hydrogen (secondary N) is 1. The van der Waals surface area contributed by atoms with E-state index in [9.17, 15) is 22.8 Å². The molecule has 0 saturated carbocycles. The first-order valence-corrected chi connectivity index (χ1v) is 9.96. The highest BCUT2D eigenvalue weighted by Gasteiger charge is 2.37. The Morgan fingerprint density at radius 2 is 1.94 bits per heavy atom. The monoisotopic (exact) mass is 443 g/mol. The van der Waals surface area contributed by atoms with E-state index >= 15 is 0 Å². The van der Waals surface area contributed by atoms with Gasteiger partial charge in [0.2, 0.25) is 11.8 Å². The second kappa shape index (κ2) is 8.81. The summed E-state index contributed by atoms with van der Waals surface area (Å²) in [5.74, 6) is -1.42. The summed E-state index contributed by atoms with van der Waals surface area (Å²) in [7, 11) is 0. The smallest absolute Gasteiger partial charge is 0.347 e. The molecule has 2 amide bonds. The third kappa shape index (κ3) is 4.79. The van der Waals surface area contributed by atoms with Crippen LogP contribution in [0.5, 0.6) is 0 Å². The molecule has 3 aromatic rings. The number of amides is 2. The summed E-state index contributed by atoms with van der Waals surface area (Å²) < 4.78 is 40.7. The normalized spacial score (nSPS) is 17.4. The van der Waals surface area contributed by atoms with Crippen molar-refractivity contribution in [2.75, 3.05) is 11.4 Å². The maximum atomic E-state index is 13.0. The number of anilines is 1. The molecule has 10 heteroatoms. The molecule has 1 aliphatic heterocycles. The van der Waals surface area contributed by atoms with Crippen molar-refractivity contribution in [3.05, 3.63) is 78.4 Å². The standard InChI is InChI=1S/C22H20F3N5O2/c23-22(24,25)17-7-4-8-18(10-17)30-11-16(9-20(30)31)21(32)28-19(12-29-14-26-13-27-29)15-5-2-1-3-6-15/h1-8,10,13-14,16,19H,9,11-12H2,(H,28,32). The van der Waals surface area contributed by atoms with Crippen LogP contribution in [0.4, 0.5) is 18.9 Å². The van der Waals surface area contributed by atoms with E-state index in [1.54, 1.807) is 4.68 Å². The van der Waals surface area contributed by atoms with Crippen LogP contribution in [0.15, 0.2) is 67.3 Å². The molecule has 32 heavy (non-hydrogen) atoms. The van der Waals surface area contributed by atoms with Gasteiger partial charge in [-0.05, 0) is 23.8 Å². The second-order valence-electron chi connectivity index (χ2n) is 7.54. The molecular formula is C22H20F3N5O2. The van der Waals surface area contributed by atoms with Crippen LogP contribution in [-0.2, 0) is 22.3 Å². The summed E-state index contributed by atoms with van der Waals surface area (Å²) in [5.41, 5.74) is 0.144. The molecule has 0 aliphatic carbocycles. The fourth-order valence-corrected chi connectivity index (χ4v) is 3.71. The van der Waals surface area contributed by atoms with Gasteiger partial charge in [0.25, 0.3) is 0 Å². The second-order valence-corrected chi connectivity index (χ2v) is 7.54. The van der Waals surface area contributed by atoms with E-state index in [-0.39, 0.29) is 24.6 Å². The number of hydrogen-bond donors (Lipinski definition) is 1. The van der Waals surface area contributed by atoms with Crippen molar-refractivity contribution < 1.29 is 22.8 Å². The molecule has 1 saturated heterocycles. The van der Waals surface area contributed by atoms with Crippen molar-refractivity contribution in [1.29, 1.82) is 0 Å². The Bertz CT molecular complexity index is 1090. The van der Waals surface area contributed by atoms with Crippen molar-refractivity contribution in [2.24, 2.45) is 5.92 Å². The molecule has 1 aliphatic rings. The zero-order chi connectivity index (χ0) is 22.7. The van der Waals surface area contributed by atoms with Crippen LogP contribution in [0.25, 0.3) is 0 Å². The van der Waals surface area contributed by atoms with Crippen molar-refractivity contribution >= 4 is 17.5 Å². The van der Waals surface area contributed by atoms with Gasteiger partial charge in [-0.25, -0.2) is 4.98 Å². The average molecular weight is 443 g/mol. The van der Waals surface area contributed by atoms with Gasteiger partial charge in [0.05, 0.1) is 24.1 Å². The highest BCUT2D eigenvalue weighted by Crippen LogP contribution is 2.33. The van der Waals surface area contributed by atoms with Gasteiger partial charge in [-0.1, -0.05) is 36.4 Å². The molecule has 1 fully saturated rings. The number of nitrogens with zero attached hydrogens (tertiary/aromatic N) is 4. The summed E-state index contributed by atoms with van der Waals surface area (Å²) in [6.45, 7) is 0.352. The van der Waals surface area contributed by atoms with E-state index < -0.39 is 29.6 Å². The van der Waals surface area contributed by atoms with Crippen LogP contribution in [-0.4, -0.2) is 33.1 Å². The highest BCUT2D eigenvalue weighted by atomic mass is 19.4. The number of alkyl halides is 3. The van der Waals surface area contributed by atoms with E-state index in [0.717, 1.165) is 17.7 Å². The van der Waals surface area contributed by atoms with Gasteiger partial charge in [0, 0.05) is 18.7 Å². The Balaban J connectivity index is 1.49. The van der Waals surface area contributed by atoms with Crippen molar-refractivity contribution in [3.63, 3.8) is 0 Å². The van der Waals surface area contributed by atoms with Crippen LogP contribution >= 0.6 is 0 Å². The SMILES string of the molecule is O=C(NC(Cn1cncn1)c1ccccc1)C1CC(=O)N(c2cccc(C(F)(F)F)c2)C1. The Kier molecular flexibility index (Phi) is 5.93. The number of hydrogen-bond acceptors (Lipinski definition) is 4. The first kappa shape index (κ1) is 21.5. The number of carbonyl (C=O) groups is 2. The molecule has 1 aromatic heterocycles. The van der Waals surface area contributed by atoms with E-state index in [2.05, 4.69) is 15.4 Å². The molecule has 0 bridgehead atoms. The summed E-state index contributed by atoms with van der Waals surface area (Å²) in [5, 5.41) is 7.03. The molecule has 0 spiro atoms. The number of benzene rings is 2. The van der Waals surface area contributed by atoms with Crippen LogP contribution in [0.1, 0.15) is 23.6 Å². The number of carbonyl (C=O) groups excluding carboxylic acids is 2. The molecule has 2 aromatic carbocycles.